The van der Waals surface area contributed by atoms with Gasteiger partial charge in [0.05, 0.1) is 0 Å². The molecule has 0 saturated heterocycles. The molecule has 0 saturated carbocycles. The molecule has 2 N–H and O–H groups in total. The molecule has 5 nitrogen and oxygen atoms in total. The second-order valence-electron chi connectivity index (χ2n) is 5.88. The number of carbonyl (C=O) groups excluding carboxylic acids is 2. The van der Waals surface area contributed by atoms with Crippen molar-refractivity contribution in [2.45, 2.75) is 13.8 Å². The summed E-state index contributed by atoms with van der Waals surface area (Å²) in [7, 11) is 1.74. The van der Waals surface area contributed by atoms with Gasteiger partial charge >= 0.3 is 0 Å². The summed E-state index contributed by atoms with van der Waals surface area (Å²) in [5, 5.41) is 5.78. The number of amides is 2. The van der Waals surface area contributed by atoms with Gasteiger partial charge in [-0.05, 0) is 48.6 Å². The van der Waals surface area contributed by atoms with E-state index in [-0.39, 0.29) is 22.8 Å². The average Bonchev–Trinajstić information content (AvgIpc) is 2.61. The summed E-state index contributed by atoms with van der Waals surface area (Å²) in [5.41, 5.74) is 2.09. The number of rotatable bonds is 4. The van der Waals surface area contributed by atoms with Crippen LogP contribution in [0.1, 0.15) is 24.2 Å². The quantitative estimate of drug-likeness (QED) is 0.825. The fourth-order valence-electron chi connectivity index (χ4n) is 2.08. The van der Waals surface area contributed by atoms with E-state index < -0.39 is 0 Å². The molecule has 0 heterocycles. The highest BCUT2D eigenvalue weighted by Gasteiger charge is 2.13. The van der Waals surface area contributed by atoms with Crippen LogP contribution in [0.3, 0.4) is 0 Å². The lowest BCUT2D eigenvalue weighted by atomic mass is 10.1. The highest BCUT2D eigenvalue weighted by molar-refractivity contribution is 7.80. The van der Waals surface area contributed by atoms with Crippen LogP contribution in [0, 0.1) is 5.92 Å². The van der Waals surface area contributed by atoms with E-state index in [4.69, 9.17) is 12.2 Å². The third-order valence-electron chi connectivity index (χ3n) is 3.60. The van der Waals surface area contributed by atoms with Gasteiger partial charge in [0.25, 0.3) is 5.91 Å². The molecule has 0 aliphatic carbocycles. The maximum atomic E-state index is 12.5. The van der Waals surface area contributed by atoms with Crippen molar-refractivity contribution in [3.63, 3.8) is 0 Å². The van der Waals surface area contributed by atoms with E-state index in [1.165, 1.54) is 0 Å². The molecule has 0 aliphatic heterocycles. The fourth-order valence-corrected chi connectivity index (χ4v) is 2.30. The zero-order valence-electron chi connectivity index (χ0n) is 14.4. The summed E-state index contributed by atoms with van der Waals surface area (Å²) in [6.45, 7) is 3.59. The monoisotopic (exact) mass is 355 g/mol. The summed E-state index contributed by atoms with van der Waals surface area (Å²) in [6.07, 6.45) is 0. The number of thiocarbonyl (C=S) groups is 1. The Morgan fingerprint density at radius 1 is 1.00 bits per heavy atom. The van der Waals surface area contributed by atoms with E-state index >= 15 is 0 Å². The number of hydrogen-bond donors (Lipinski definition) is 2. The van der Waals surface area contributed by atoms with E-state index in [9.17, 15) is 9.59 Å². The van der Waals surface area contributed by atoms with E-state index in [0.29, 0.717) is 11.3 Å². The number of benzene rings is 2. The first-order chi connectivity index (χ1) is 11.9. The molecule has 0 atom stereocenters. The Labute approximate surface area is 153 Å². The number of nitrogens with zero attached hydrogens (tertiary/aromatic N) is 1. The van der Waals surface area contributed by atoms with Crippen LogP contribution in [0.4, 0.5) is 11.4 Å². The lowest BCUT2D eigenvalue weighted by molar-refractivity contribution is -0.122. The lowest BCUT2D eigenvalue weighted by Crippen LogP contribution is -2.36. The Hall–Kier alpha value is -2.73. The van der Waals surface area contributed by atoms with Gasteiger partial charge in [0, 0.05) is 29.9 Å². The Bertz CT molecular complexity index is 758. The molecule has 6 heteroatoms. The third kappa shape index (κ3) is 5.12. The molecule has 0 aromatic heterocycles. The normalized spacial score (nSPS) is 10.2. The molecule has 25 heavy (non-hydrogen) atoms. The zero-order chi connectivity index (χ0) is 18.4. The topological polar surface area (TPSA) is 61.4 Å². The lowest BCUT2D eigenvalue weighted by Gasteiger charge is -2.17. The molecule has 2 aromatic rings. The van der Waals surface area contributed by atoms with Crippen LogP contribution in [0.2, 0.25) is 0 Å². The summed E-state index contributed by atoms with van der Waals surface area (Å²) >= 11 is 5.10. The molecule has 130 valence electrons. The minimum Gasteiger partial charge on any atom is -0.332 e. The summed E-state index contributed by atoms with van der Waals surface area (Å²) in [5.74, 6) is -0.393. The predicted octanol–water partition coefficient (Wildman–Crippen LogP) is 3.43. The zero-order valence-corrected chi connectivity index (χ0v) is 15.3. The molecule has 0 aliphatic rings. The minimum atomic E-state index is -0.145. The largest absolute Gasteiger partial charge is 0.332 e. The first-order valence-electron chi connectivity index (χ1n) is 7.93. The SMILES string of the molecule is CC(C)C(=O)NC(=S)Nc1ccc(C(=O)N(C)c2ccccc2)cc1. The first-order valence-corrected chi connectivity index (χ1v) is 8.34. The van der Waals surface area contributed by atoms with Crippen LogP contribution < -0.4 is 15.5 Å². The Kier molecular flexibility index (Phi) is 6.25. The second kappa shape index (κ2) is 8.39. The van der Waals surface area contributed by atoms with E-state index in [1.807, 2.05) is 30.3 Å². The highest BCUT2D eigenvalue weighted by atomic mass is 32.1. The molecule has 0 bridgehead atoms. The van der Waals surface area contributed by atoms with Crippen molar-refractivity contribution in [1.29, 1.82) is 0 Å². The minimum absolute atomic E-state index is 0.103. The molecular weight excluding hydrogens is 334 g/mol. The van der Waals surface area contributed by atoms with Gasteiger partial charge in [-0.3, -0.25) is 9.59 Å². The summed E-state index contributed by atoms with van der Waals surface area (Å²) < 4.78 is 0. The molecule has 2 aromatic carbocycles. The standard InChI is InChI=1S/C19H21N3O2S/c1-13(2)17(23)21-19(25)20-15-11-9-14(10-12-15)18(24)22(3)16-7-5-4-6-8-16/h4-13H,1-3H3,(H2,20,21,23,25). The van der Waals surface area contributed by atoms with Gasteiger partial charge < -0.3 is 15.5 Å². The van der Waals surface area contributed by atoms with E-state index in [2.05, 4.69) is 10.6 Å². The van der Waals surface area contributed by atoms with Gasteiger partial charge in [-0.2, -0.15) is 0 Å². The van der Waals surface area contributed by atoms with Crippen molar-refractivity contribution < 1.29 is 9.59 Å². The number of carbonyl (C=O) groups is 2. The molecule has 0 radical (unpaired) electrons. The molecule has 2 rings (SSSR count). The summed E-state index contributed by atoms with van der Waals surface area (Å²) in [6, 6.07) is 16.4. The number of hydrogen-bond acceptors (Lipinski definition) is 3. The van der Waals surface area contributed by atoms with Gasteiger partial charge in [0.15, 0.2) is 5.11 Å². The summed E-state index contributed by atoms with van der Waals surface area (Å²) in [4.78, 5) is 25.7. The van der Waals surface area contributed by atoms with Crippen LogP contribution in [0.25, 0.3) is 0 Å². The Morgan fingerprint density at radius 3 is 2.16 bits per heavy atom. The molecule has 0 spiro atoms. The van der Waals surface area contributed by atoms with Crippen molar-refractivity contribution >= 4 is 40.5 Å². The maximum Gasteiger partial charge on any atom is 0.258 e. The van der Waals surface area contributed by atoms with Crippen molar-refractivity contribution in [3.05, 3.63) is 60.2 Å². The third-order valence-corrected chi connectivity index (χ3v) is 3.80. The molecule has 2 amide bonds. The number of para-hydroxylation sites is 1. The van der Waals surface area contributed by atoms with Crippen LogP contribution in [0.15, 0.2) is 54.6 Å². The fraction of sp³-hybridized carbons (Fsp3) is 0.211. The van der Waals surface area contributed by atoms with E-state index in [0.717, 1.165) is 5.69 Å². The van der Waals surface area contributed by atoms with Gasteiger partial charge in [-0.1, -0.05) is 32.0 Å². The number of anilines is 2. The van der Waals surface area contributed by atoms with Crippen LogP contribution in [-0.2, 0) is 4.79 Å². The highest BCUT2D eigenvalue weighted by Crippen LogP contribution is 2.16. The van der Waals surface area contributed by atoms with Crippen molar-refractivity contribution in [2.75, 3.05) is 17.3 Å². The Balaban J connectivity index is 2.01. The molecular formula is C19H21N3O2S. The van der Waals surface area contributed by atoms with Gasteiger partial charge in [0.1, 0.15) is 0 Å². The van der Waals surface area contributed by atoms with E-state index in [1.54, 1.807) is 50.1 Å². The van der Waals surface area contributed by atoms with Crippen LogP contribution in [0.5, 0.6) is 0 Å². The average molecular weight is 355 g/mol. The van der Waals surface area contributed by atoms with Crippen LogP contribution >= 0.6 is 12.2 Å². The van der Waals surface area contributed by atoms with Gasteiger partial charge in [-0.25, -0.2) is 0 Å². The van der Waals surface area contributed by atoms with Crippen molar-refractivity contribution in [2.24, 2.45) is 5.92 Å². The molecule has 0 fully saturated rings. The molecule has 0 unspecified atom stereocenters. The second-order valence-corrected chi connectivity index (χ2v) is 6.28. The smallest absolute Gasteiger partial charge is 0.258 e. The predicted molar refractivity (Wildman–Crippen MR) is 105 cm³/mol. The Morgan fingerprint density at radius 2 is 1.60 bits per heavy atom. The first kappa shape index (κ1) is 18.6. The maximum absolute atomic E-state index is 12.5. The van der Waals surface area contributed by atoms with Crippen molar-refractivity contribution in [3.8, 4) is 0 Å². The van der Waals surface area contributed by atoms with Gasteiger partial charge in [-0.15, -0.1) is 0 Å². The van der Waals surface area contributed by atoms with Gasteiger partial charge in [0.2, 0.25) is 5.91 Å². The number of nitrogens with one attached hydrogen (secondary N) is 2. The van der Waals surface area contributed by atoms with Crippen molar-refractivity contribution in [1.82, 2.24) is 5.32 Å². The van der Waals surface area contributed by atoms with Crippen LogP contribution in [-0.4, -0.2) is 24.0 Å².